The van der Waals surface area contributed by atoms with E-state index in [-0.39, 0.29) is 11.5 Å². The van der Waals surface area contributed by atoms with Gasteiger partial charge in [0.05, 0.1) is 5.56 Å². The zero-order valence-corrected chi connectivity index (χ0v) is 15.6. The number of amides is 3. The number of carbonyl (C=O) groups excluding carboxylic acids is 3. The molecule has 3 N–H and O–H groups in total. The van der Waals surface area contributed by atoms with Crippen LogP contribution in [0.25, 0.3) is 0 Å². The van der Waals surface area contributed by atoms with Gasteiger partial charge in [0, 0.05) is 5.56 Å². The van der Waals surface area contributed by atoms with Gasteiger partial charge in [-0.1, -0.05) is 13.8 Å². The number of halogens is 1. The maximum atomic E-state index is 13.0. The van der Waals surface area contributed by atoms with E-state index in [1.807, 2.05) is 0 Å². The Kier molecular flexibility index (Phi) is 6.33. The van der Waals surface area contributed by atoms with Gasteiger partial charge >= 0.3 is 0 Å². The zero-order chi connectivity index (χ0) is 20.1. The molecule has 1 heterocycles. The summed E-state index contributed by atoms with van der Waals surface area (Å²) in [6.07, 6.45) is 0. The third-order valence-electron chi connectivity index (χ3n) is 3.93. The molecule has 1 aromatic carbocycles. The summed E-state index contributed by atoms with van der Waals surface area (Å²) in [5.74, 6) is -1.31. The van der Waals surface area contributed by atoms with E-state index in [2.05, 4.69) is 16.2 Å². The van der Waals surface area contributed by atoms with Crippen molar-refractivity contribution >= 4 is 17.7 Å². The molecular weight excluding hydrogens is 353 g/mol. The summed E-state index contributed by atoms with van der Waals surface area (Å²) in [5, 5.41) is 2.59. The van der Waals surface area contributed by atoms with Crippen molar-refractivity contribution in [2.75, 3.05) is 0 Å². The molecule has 0 radical (unpaired) electrons. The molecule has 0 saturated carbocycles. The minimum Gasteiger partial charge on any atom is -0.466 e. The molecule has 144 valence electrons. The largest absolute Gasteiger partial charge is 0.466 e. The van der Waals surface area contributed by atoms with E-state index in [9.17, 15) is 18.8 Å². The molecule has 0 spiro atoms. The molecule has 8 heteroatoms. The van der Waals surface area contributed by atoms with Gasteiger partial charge < -0.3 is 9.73 Å². The molecule has 0 aliphatic carbocycles. The van der Waals surface area contributed by atoms with Gasteiger partial charge in [-0.05, 0) is 50.1 Å². The van der Waals surface area contributed by atoms with E-state index in [1.54, 1.807) is 33.8 Å². The van der Waals surface area contributed by atoms with Crippen LogP contribution in [-0.2, 0) is 4.79 Å². The van der Waals surface area contributed by atoms with E-state index < -0.39 is 29.6 Å². The first-order valence-corrected chi connectivity index (χ1v) is 8.42. The summed E-state index contributed by atoms with van der Waals surface area (Å²) >= 11 is 0. The van der Waals surface area contributed by atoms with Crippen molar-refractivity contribution in [2.24, 2.45) is 5.92 Å². The molecule has 1 atom stereocenters. The van der Waals surface area contributed by atoms with Gasteiger partial charge in [-0.2, -0.15) is 0 Å². The summed E-state index contributed by atoms with van der Waals surface area (Å²) in [4.78, 5) is 36.8. The number of furan rings is 1. The SMILES string of the molecule is Cc1cc(C(=O)NNC(=O)C(NC(=O)c2ccc(F)cc2)C(C)C)c(C)o1. The Morgan fingerprint density at radius 2 is 1.63 bits per heavy atom. The van der Waals surface area contributed by atoms with Crippen molar-refractivity contribution in [1.82, 2.24) is 16.2 Å². The van der Waals surface area contributed by atoms with Gasteiger partial charge in [0.1, 0.15) is 23.4 Å². The predicted molar refractivity (Wildman–Crippen MR) is 96.3 cm³/mol. The van der Waals surface area contributed by atoms with Crippen LogP contribution < -0.4 is 16.2 Å². The molecule has 0 aliphatic rings. The maximum Gasteiger partial charge on any atom is 0.273 e. The van der Waals surface area contributed by atoms with E-state index in [0.29, 0.717) is 17.1 Å². The lowest BCUT2D eigenvalue weighted by Gasteiger charge is -2.21. The molecule has 3 amide bonds. The Balaban J connectivity index is 2.00. The lowest BCUT2D eigenvalue weighted by atomic mass is 10.0. The lowest BCUT2D eigenvalue weighted by Crippen LogP contribution is -2.54. The van der Waals surface area contributed by atoms with Crippen molar-refractivity contribution in [3.05, 3.63) is 58.8 Å². The van der Waals surface area contributed by atoms with Gasteiger partial charge in [-0.3, -0.25) is 25.2 Å². The van der Waals surface area contributed by atoms with Crippen LogP contribution in [0.2, 0.25) is 0 Å². The number of benzene rings is 1. The first kappa shape index (κ1) is 20.2. The van der Waals surface area contributed by atoms with Crippen LogP contribution in [0, 0.1) is 25.6 Å². The Morgan fingerprint density at radius 3 is 2.15 bits per heavy atom. The van der Waals surface area contributed by atoms with Gasteiger partial charge in [0.15, 0.2) is 0 Å². The molecule has 1 aromatic heterocycles. The Hall–Kier alpha value is -3.16. The normalized spacial score (nSPS) is 11.8. The first-order valence-electron chi connectivity index (χ1n) is 8.42. The average molecular weight is 375 g/mol. The fourth-order valence-corrected chi connectivity index (χ4v) is 2.48. The van der Waals surface area contributed by atoms with Gasteiger partial charge in [-0.25, -0.2) is 4.39 Å². The second-order valence-electron chi connectivity index (χ2n) is 6.47. The molecule has 0 fully saturated rings. The second kappa shape index (κ2) is 8.48. The van der Waals surface area contributed by atoms with Crippen molar-refractivity contribution in [3.63, 3.8) is 0 Å². The van der Waals surface area contributed by atoms with Crippen molar-refractivity contribution in [3.8, 4) is 0 Å². The van der Waals surface area contributed by atoms with Gasteiger partial charge in [0.2, 0.25) is 0 Å². The quantitative estimate of drug-likeness (QED) is 0.698. The smallest absolute Gasteiger partial charge is 0.273 e. The average Bonchev–Trinajstić information content (AvgIpc) is 2.95. The predicted octanol–water partition coefficient (Wildman–Crippen LogP) is 2.25. The van der Waals surface area contributed by atoms with E-state index >= 15 is 0 Å². The van der Waals surface area contributed by atoms with E-state index in [0.717, 1.165) is 12.1 Å². The van der Waals surface area contributed by atoms with Crippen LogP contribution in [0.5, 0.6) is 0 Å². The topological polar surface area (TPSA) is 100 Å². The van der Waals surface area contributed by atoms with Crippen molar-refractivity contribution in [2.45, 2.75) is 33.7 Å². The number of carbonyl (C=O) groups is 3. The summed E-state index contributed by atoms with van der Waals surface area (Å²) in [6.45, 7) is 6.85. The first-order chi connectivity index (χ1) is 12.7. The second-order valence-corrected chi connectivity index (χ2v) is 6.47. The third kappa shape index (κ3) is 5.16. The highest BCUT2D eigenvalue weighted by molar-refractivity contribution is 5.99. The van der Waals surface area contributed by atoms with E-state index in [1.165, 1.54) is 12.1 Å². The number of hydrogen-bond acceptors (Lipinski definition) is 4. The molecule has 2 aromatic rings. The minimum absolute atomic E-state index is 0.225. The molecule has 7 nitrogen and oxygen atoms in total. The van der Waals surface area contributed by atoms with Gasteiger partial charge in [0.25, 0.3) is 17.7 Å². The molecule has 0 aliphatic heterocycles. The standard InChI is InChI=1S/C19H22FN3O4/c1-10(2)16(21-17(24)13-5-7-14(20)8-6-13)19(26)23-22-18(25)15-9-11(3)27-12(15)4/h5-10,16H,1-4H3,(H,21,24)(H,22,25)(H,23,26). The Bertz CT molecular complexity index is 843. The third-order valence-corrected chi connectivity index (χ3v) is 3.93. The molecular formula is C19H22FN3O4. The molecule has 1 unspecified atom stereocenters. The highest BCUT2D eigenvalue weighted by atomic mass is 19.1. The molecule has 2 rings (SSSR count). The van der Waals surface area contributed by atoms with Crippen molar-refractivity contribution in [1.29, 1.82) is 0 Å². The lowest BCUT2D eigenvalue weighted by molar-refractivity contribution is -0.124. The number of rotatable bonds is 5. The van der Waals surface area contributed by atoms with Crippen LogP contribution in [0.1, 0.15) is 46.1 Å². The fourth-order valence-electron chi connectivity index (χ4n) is 2.48. The summed E-state index contributed by atoms with van der Waals surface area (Å²) < 4.78 is 18.3. The van der Waals surface area contributed by atoms with Crippen LogP contribution in [0.3, 0.4) is 0 Å². The minimum atomic E-state index is -0.893. The monoisotopic (exact) mass is 375 g/mol. The number of nitrogens with one attached hydrogen (secondary N) is 3. The van der Waals surface area contributed by atoms with Crippen LogP contribution in [-0.4, -0.2) is 23.8 Å². The summed E-state index contributed by atoms with van der Waals surface area (Å²) in [5.41, 5.74) is 5.15. The molecule has 0 saturated heterocycles. The summed E-state index contributed by atoms with van der Waals surface area (Å²) in [6, 6.07) is 5.64. The highest BCUT2D eigenvalue weighted by Gasteiger charge is 2.25. The molecule has 27 heavy (non-hydrogen) atoms. The highest BCUT2D eigenvalue weighted by Crippen LogP contribution is 2.13. The number of aryl methyl sites for hydroxylation is 2. The van der Waals surface area contributed by atoms with Crippen LogP contribution in [0.4, 0.5) is 4.39 Å². The van der Waals surface area contributed by atoms with Crippen LogP contribution in [0.15, 0.2) is 34.7 Å². The number of hydrazine groups is 1. The van der Waals surface area contributed by atoms with Crippen molar-refractivity contribution < 1.29 is 23.2 Å². The Labute approximate surface area is 156 Å². The van der Waals surface area contributed by atoms with E-state index in [4.69, 9.17) is 4.42 Å². The Morgan fingerprint density at radius 1 is 1.00 bits per heavy atom. The van der Waals surface area contributed by atoms with Gasteiger partial charge in [-0.15, -0.1) is 0 Å². The number of hydrogen-bond donors (Lipinski definition) is 3. The summed E-state index contributed by atoms with van der Waals surface area (Å²) in [7, 11) is 0. The molecule has 0 bridgehead atoms. The maximum absolute atomic E-state index is 13.0. The van der Waals surface area contributed by atoms with Crippen LogP contribution >= 0.6 is 0 Å². The fraction of sp³-hybridized carbons (Fsp3) is 0.316. The zero-order valence-electron chi connectivity index (χ0n) is 15.6.